The molecule has 2 fully saturated rings. The van der Waals surface area contributed by atoms with Gasteiger partial charge >= 0.3 is 0 Å². The van der Waals surface area contributed by atoms with Gasteiger partial charge in [-0.3, -0.25) is 0 Å². The van der Waals surface area contributed by atoms with E-state index in [9.17, 15) is 0 Å². The number of hydrogen-bond donors (Lipinski definition) is 1. The Balaban J connectivity index is 1.85. The lowest BCUT2D eigenvalue weighted by Gasteiger charge is -2.22. The van der Waals surface area contributed by atoms with Crippen molar-refractivity contribution in [2.45, 2.75) is 44.9 Å². The summed E-state index contributed by atoms with van der Waals surface area (Å²) in [4.78, 5) is 0. The molecule has 1 aliphatic heterocycles. The van der Waals surface area contributed by atoms with Gasteiger partial charge < -0.3 is 5.32 Å². The topological polar surface area (TPSA) is 12.0 Å². The molecule has 1 nitrogen and oxygen atoms in total. The molecule has 0 atom stereocenters. The zero-order valence-corrected chi connectivity index (χ0v) is 8.52. The van der Waals surface area contributed by atoms with Crippen LogP contribution in [0.4, 0.5) is 0 Å². The maximum Gasteiger partial charge on any atom is -0.00115 e. The van der Waals surface area contributed by atoms with Gasteiger partial charge in [0, 0.05) is 0 Å². The molecule has 2 aliphatic rings. The van der Waals surface area contributed by atoms with Gasteiger partial charge in [-0.05, 0) is 44.7 Å². The van der Waals surface area contributed by atoms with Crippen molar-refractivity contribution in [2.75, 3.05) is 13.1 Å². The summed E-state index contributed by atoms with van der Waals surface area (Å²) in [5.41, 5.74) is 1.73. The minimum Gasteiger partial charge on any atom is -0.316 e. The van der Waals surface area contributed by atoms with Crippen molar-refractivity contribution < 1.29 is 0 Å². The molecule has 2 rings (SSSR count). The van der Waals surface area contributed by atoms with E-state index in [1.54, 1.807) is 5.57 Å². The fraction of sp³-hybridized carbons (Fsp3) is 0.833. The average Bonchev–Trinajstić information content (AvgIpc) is 2.21. The second-order valence-corrected chi connectivity index (χ2v) is 4.47. The second-order valence-electron chi connectivity index (χ2n) is 4.47. The lowest BCUT2D eigenvalue weighted by molar-refractivity contribution is 0.415. The van der Waals surface area contributed by atoms with E-state index in [-0.39, 0.29) is 0 Å². The van der Waals surface area contributed by atoms with Crippen molar-refractivity contribution in [3.8, 4) is 0 Å². The Hall–Kier alpha value is -0.300. The van der Waals surface area contributed by atoms with Gasteiger partial charge in [-0.15, -0.1) is 0 Å². The first kappa shape index (κ1) is 9.26. The van der Waals surface area contributed by atoms with Gasteiger partial charge in [0.05, 0.1) is 0 Å². The van der Waals surface area contributed by atoms with Gasteiger partial charge in [-0.25, -0.2) is 0 Å². The SMILES string of the molecule is C(=C1CCNCC1)C1CCCCC1. The van der Waals surface area contributed by atoms with Crippen LogP contribution in [0.2, 0.25) is 0 Å². The Morgan fingerprint density at radius 3 is 2.38 bits per heavy atom. The summed E-state index contributed by atoms with van der Waals surface area (Å²) in [6.45, 7) is 2.41. The first-order valence-corrected chi connectivity index (χ1v) is 5.85. The van der Waals surface area contributed by atoms with E-state index in [4.69, 9.17) is 0 Å². The third kappa shape index (κ3) is 2.84. The molecule has 0 radical (unpaired) electrons. The summed E-state index contributed by atoms with van der Waals surface area (Å²) >= 11 is 0. The van der Waals surface area contributed by atoms with Crippen LogP contribution >= 0.6 is 0 Å². The van der Waals surface area contributed by atoms with Crippen LogP contribution in [0.25, 0.3) is 0 Å². The molecule has 0 aromatic carbocycles. The van der Waals surface area contributed by atoms with E-state index in [0.29, 0.717) is 0 Å². The van der Waals surface area contributed by atoms with Crippen molar-refractivity contribution in [3.63, 3.8) is 0 Å². The molecule has 1 heteroatoms. The molecule has 0 spiro atoms. The normalized spacial score (nSPS) is 26.0. The van der Waals surface area contributed by atoms with Crippen LogP contribution in [0.3, 0.4) is 0 Å². The van der Waals surface area contributed by atoms with Gasteiger partial charge in [0.2, 0.25) is 0 Å². The van der Waals surface area contributed by atoms with Crippen molar-refractivity contribution in [1.29, 1.82) is 0 Å². The van der Waals surface area contributed by atoms with Gasteiger partial charge in [-0.1, -0.05) is 30.9 Å². The number of hydrogen-bond acceptors (Lipinski definition) is 1. The van der Waals surface area contributed by atoms with Gasteiger partial charge in [0.1, 0.15) is 0 Å². The standard InChI is InChI=1S/C12H21N/c1-2-4-11(5-3-1)10-12-6-8-13-9-7-12/h10-11,13H,1-9H2. The van der Waals surface area contributed by atoms with Crippen molar-refractivity contribution in [2.24, 2.45) is 5.92 Å². The van der Waals surface area contributed by atoms with Crippen molar-refractivity contribution in [3.05, 3.63) is 11.6 Å². The highest BCUT2D eigenvalue weighted by Gasteiger charge is 2.12. The lowest BCUT2D eigenvalue weighted by atomic mass is 9.86. The van der Waals surface area contributed by atoms with E-state index >= 15 is 0 Å². The molecule has 0 bridgehead atoms. The largest absolute Gasteiger partial charge is 0.316 e. The molecular weight excluding hydrogens is 158 g/mol. The third-order valence-corrected chi connectivity index (χ3v) is 3.37. The van der Waals surface area contributed by atoms with Crippen molar-refractivity contribution >= 4 is 0 Å². The van der Waals surface area contributed by atoms with Crippen molar-refractivity contribution in [1.82, 2.24) is 5.32 Å². The molecule has 0 amide bonds. The molecule has 1 saturated carbocycles. The van der Waals surface area contributed by atoms with E-state index in [1.807, 2.05) is 0 Å². The molecule has 1 saturated heterocycles. The number of rotatable bonds is 1. The van der Waals surface area contributed by atoms with Gasteiger partial charge in [0.15, 0.2) is 0 Å². The molecule has 0 aromatic rings. The van der Waals surface area contributed by atoms with E-state index in [0.717, 1.165) is 5.92 Å². The highest BCUT2D eigenvalue weighted by Crippen LogP contribution is 2.27. The maximum absolute atomic E-state index is 3.41. The Morgan fingerprint density at radius 2 is 1.69 bits per heavy atom. The zero-order valence-electron chi connectivity index (χ0n) is 8.52. The first-order chi connectivity index (χ1) is 6.45. The van der Waals surface area contributed by atoms with Crippen LogP contribution in [0.1, 0.15) is 44.9 Å². The molecule has 74 valence electrons. The fourth-order valence-electron chi connectivity index (χ4n) is 2.55. The van der Waals surface area contributed by atoms with Gasteiger partial charge in [0.25, 0.3) is 0 Å². The van der Waals surface area contributed by atoms with Gasteiger partial charge in [-0.2, -0.15) is 0 Å². The highest BCUT2D eigenvalue weighted by atomic mass is 14.9. The van der Waals surface area contributed by atoms with Crippen LogP contribution in [-0.2, 0) is 0 Å². The quantitative estimate of drug-likeness (QED) is 0.610. The molecule has 0 unspecified atom stereocenters. The average molecular weight is 179 g/mol. The van der Waals surface area contributed by atoms with Crippen LogP contribution in [0.15, 0.2) is 11.6 Å². The lowest BCUT2D eigenvalue weighted by Crippen LogP contribution is -2.23. The number of nitrogens with one attached hydrogen (secondary N) is 1. The second kappa shape index (κ2) is 4.80. The third-order valence-electron chi connectivity index (χ3n) is 3.37. The molecule has 0 aromatic heterocycles. The number of piperidine rings is 1. The fourth-order valence-corrected chi connectivity index (χ4v) is 2.55. The number of allylic oxidation sites excluding steroid dienone is 1. The zero-order chi connectivity index (χ0) is 8.93. The smallest absolute Gasteiger partial charge is 0.00115 e. The molecular formula is C12H21N. The first-order valence-electron chi connectivity index (χ1n) is 5.85. The predicted octanol–water partition coefficient (Wildman–Crippen LogP) is 2.88. The van der Waals surface area contributed by atoms with Crippen LogP contribution in [-0.4, -0.2) is 13.1 Å². The minimum absolute atomic E-state index is 0.932. The molecule has 1 heterocycles. The summed E-state index contributed by atoms with van der Waals surface area (Å²) in [6, 6.07) is 0. The summed E-state index contributed by atoms with van der Waals surface area (Å²) in [5.74, 6) is 0.932. The summed E-state index contributed by atoms with van der Waals surface area (Å²) in [6.07, 6.45) is 12.5. The van der Waals surface area contributed by atoms with E-state index in [1.165, 1.54) is 58.0 Å². The molecule has 1 aliphatic carbocycles. The van der Waals surface area contributed by atoms with E-state index in [2.05, 4.69) is 11.4 Å². The Labute approximate surface area is 81.6 Å². The highest BCUT2D eigenvalue weighted by molar-refractivity contribution is 5.07. The Bertz CT molecular complexity index is 170. The van der Waals surface area contributed by atoms with Crippen LogP contribution < -0.4 is 5.32 Å². The minimum atomic E-state index is 0.932. The van der Waals surface area contributed by atoms with Crippen LogP contribution in [0, 0.1) is 5.92 Å². The summed E-state index contributed by atoms with van der Waals surface area (Å²) in [7, 11) is 0. The molecule has 1 N–H and O–H groups in total. The monoisotopic (exact) mass is 179 g/mol. The molecule has 13 heavy (non-hydrogen) atoms. The maximum atomic E-state index is 3.41. The summed E-state index contributed by atoms with van der Waals surface area (Å²) in [5, 5.41) is 3.41. The Kier molecular flexibility index (Phi) is 3.42. The van der Waals surface area contributed by atoms with E-state index < -0.39 is 0 Å². The van der Waals surface area contributed by atoms with Crippen LogP contribution in [0.5, 0.6) is 0 Å². The summed E-state index contributed by atoms with van der Waals surface area (Å²) < 4.78 is 0. The predicted molar refractivity (Wildman–Crippen MR) is 56.8 cm³/mol. The Morgan fingerprint density at radius 1 is 1.00 bits per heavy atom.